The van der Waals surface area contributed by atoms with E-state index in [9.17, 15) is 5.11 Å². The molecule has 1 atom stereocenters. The summed E-state index contributed by atoms with van der Waals surface area (Å²) in [6.45, 7) is 11.2. The smallest absolute Gasteiger partial charge is 0.0740 e. The average molecular weight is 171 g/mol. The monoisotopic (exact) mass is 171 g/mol. The Hall–Kier alpha value is -0.340. The molecule has 0 aromatic rings. The zero-order chi connectivity index (χ0) is 9.61. The quantitative estimate of drug-likeness (QED) is 0.471. The molecule has 0 aliphatic heterocycles. The molecule has 72 valence electrons. The summed E-state index contributed by atoms with van der Waals surface area (Å²) < 4.78 is 0. The Bertz CT molecular complexity index is 141. The maximum atomic E-state index is 9.60. The van der Waals surface area contributed by atoms with Crippen molar-refractivity contribution in [2.24, 2.45) is 0 Å². The van der Waals surface area contributed by atoms with Crippen LogP contribution in [0.1, 0.15) is 33.6 Å². The van der Waals surface area contributed by atoms with Crippen LogP contribution in [0.25, 0.3) is 0 Å². The molecule has 0 saturated heterocycles. The summed E-state index contributed by atoms with van der Waals surface area (Å²) in [5.41, 5.74) is 0.619. The van der Waals surface area contributed by atoms with Gasteiger partial charge in [0.15, 0.2) is 0 Å². The number of aliphatic hydroxyl groups is 1. The van der Waals surface area contributed by atoms with Crippen LogP contribution in [0.15, 0.2) is 12.2 Å². The lowest BCUT2D eigenvalue weighted by Crippen LogP contribution is -2.37. The lowest BCUT2D eigenvalue weighted by Gasteiger charge is -2.21. The predicted molar refractivity (Wildman–Crippen MR) is 53.2 cm³/mol. The molecule has 2 N–H and O–H groups in total. The molecule has 2 nitrogen and oxygen atoms in total. The Kier molecular flexibility index (Phi) is 5.18. The largest absolute Gasteiger partial charge is 0.389 e. The van der Waals surface area contributed by atoms with Gasteiger partial charge in [-0.2, -0.15) is 0 Å². The molecule has 0 aromatic heterocycles. The van der Waals surface area contributed by atoms with Crippen molar-refractivity contribution in [1.82, 2.24) is 5.32 Å². The Morgan fingerprint density at radius 3 is 2.58 bits per heavy atom. The van der Waals surface area contributed by atoms with E-state index in [0.717, 1.165) is 19.4 Å². The molecule has 0 amide bonds. The maximum Gasteiger partial charge on any atom is 0.0740 e. The van der Waals surface area contributed by atoms with E-state index in [-0.39, 0.29) is 0 Å². The molecular weight excluding hydrogens is 150 g/mol. The highest BCUT2D eigenvalue weighted by molar-refractivity contribution is 4.88. The van der Waals surface area contributed by atoms with Gasteiger partial charge in [0.1, 0.15) is 0 Å². The molecule has 0 radical (unpaired) electrons. The molecular formula is C10H21NO. The van der Waals surface area contributed by atoms with E-state index in [0.29, 0.717) is 6.54 Å². The standard InChI is InChI=1S/C10H21NO/c1-5-10(4,12)8-11-7-6-9(2)3/h11-12H,2,5-8H2,1,3-4H3. The van der Waals surface area contributed by atoms with Crippen molar-refractivity contribution in [3.05, 3.63) is 12.2 Å². The summed E-state index contributed by atoms with van der Waals surface area (Å²) in [7, 11) is 0. The fourth-order valence-corrected chi connectivity index (χ4v) is 0.784. The molecule has 0 fully saturated rings. The van der Waals surface area contributed by atoms with Crippen molar-refractivity contribution < 1.29 is 5.11 Å². The van der Waals surface area contributed by atoms with Crippen LogP contribution in [-0.2, 0) is 0 Å². The first kappa shape index (κ1) is 11.7. The van der Waals surface area contributed by atoms with E-state index < -0.39 is 5.60 Å². The van der Waals surface area contributed by atoms with Gasteiger partial charge in [-0.25, -0.2) is 0 Å². The van der Waals surface area contributed by atoms with Gasteiger partial charge in [0.05, 0.1) is 5.60 Å². The highest BCUT2D eigenvalue weighted by Crippen LogP contribution is 2.05. The molecule has 0 saturated carbocycles. The third-order valence-corrected chi connectivity index (χ3v) is 2.00. The molecule has 0 bridgehead atoms. The Labute approximate surface area is 75.7 Å². The molecule has 0 spiro atoms. The second-order valence-electron chi connectivity index (χ2n) is 3.73. The normalized spacial score (nSPS) is 15.7. The minimum absolute atomic E-state index is 0.560. The van der Waals surface area contributed by atoms with Crippen LogP contribution in [-0.4, -0.2) is 23.8 Å². The van der Waals surface area contributed by atoms with E-state index in [2.05, 4.69) is 11.9 Å². The van der Waals surface area contributed by atoms with Gasteiger partial charge in [-0.05, 0) is 33.2 Å². The van der Waals surface area contributed by atoms with Gasteiger partial charge in [-0.3, -0.25) is 0 Å². The van der Waals surface area contributed by atoms with Crippen molar-refractivity contribution in [2.75, 3.05) is 13.1 Å². The maximum absolute atomic E-state index is 9.60. The zero-order valence-electron chi connectivity index (χ0n) is 8.48. The molecule has 2 heteroatoms. The minimum Gasteiger partial charge on any atom is -0.389 e. The second-order valence-corrected chi connectivity index (χ2v) is 3.73. The summed E-state index contributed by atoms with van der Waals surface area (Å²) in [5, 5.41) is 12.8. The highest BCUT2D eigenvalue weighted by Gasteiger charge is 2.15. The van der Waals surface area contributed by atoms with Gasteiger partial charge in [0, 0.05) is 6.54 Å². The summed E-state index contributed by atoms with van der Waals surface area (Å²) in [5.74, 6) is 0. The zero-order valence-corrected chi connectivity index (χ0v) is 8.48. The number of hydrogen-bond donors (Lipinski definition) is 2. The van der Waals surface area contributed by atoms with Crippen LogP contribution < -0.4 is 5.32 Å². The van der Waals surface area contributed by atoms with E-state index in [1.807, 2.05) is 20.8 Å². The lowest BCUT2D eigenvalue weighted by molar-refractivity contribution is 0.0561. The van der Waals surface area contributed by atoms with Gasteiger partial charge >= 0.3 is 0 Å². The minimum atomic E-state index is -0.560. The van der Waals surface area contributed by atoms with Gasteiger partial charge in [-0.15, -0.1) is 6.58 Å². The van der Waals surface area contributed by atoms with Crippen molar-refractivity contribution in [1.29, 1.82) is 0 Å². The first-order chi connectivity index (χ1) is 5.48. The van der Waals surface area contributed by atoms with Crippen LogP contribution in [0.5, 0.6) is 0 Å². The van der Waals surface area contributed by atoms with Gasteiger partial charge < -0.3 is 10.4 Å². The Morgan fingerprint density at radius 1 is 1.58 bits per heavy atom. The fraction of sp³-hybridized carbons (Fsp3) is 0.800. The van der Waals surface area contributed by atoms with Crippen molar-refractivity contribution in [2.45, 2.75) is 39.2 Å². The van der Waals surface area contributed by atoms with Crippen molar-refractivity contribution in [3.8, 4) is 0 Å². The lowest BCUT2D eigenvalue weighted by atomic mass is 10.0. The molecule has 0 aliphatic rings. The third-order valence-electron chi connectivity index (χ3n) is 2.00. The topological polar surface area (TPSA) is 32.3 Å². The van der Waals surface area contributed by atoms with E-state index in [4.69, 9.17) is 0 Å². The Morgan fingerprint density at radius 2 is 2.17 bits per heavy atom. The summed E-state index contributed by atoms with van der Waals surface area (Å²) >= 11 is 0. The van der Waals surface area contributed by atoms with Crippen LogP contribution in [0.4, 0.5) is 0 Å². The van der Waals surface area contributed by atoms with Crippen molar-refractivity contribution >= 4 is 0 Å². The highest BCUT2D eigenvalue weighted by atomic mass is 16.3. The van der Waals surface area contributed by atoms with Crippen LogP contribution >= 0.6 is 0 Å². The molecule has 0 aliphatic carbocycles. The summed E-state index contributed by atoms with van der Waals surface area (Å²) in [4.78, 5) is 0. The van der Waals surface area contributed by atoms with Gasteiger partial charge in [0.2, 0.25) is 0 Å². The first-order valence-electron chi connectivity index (χ1n) is 4.55. The number of nitrogens with one attached hydrogen (secondary N) is 1. The Balaban J connectivity index is 3.37. The molecule has 0 rings (SSSR count). The predicted octanol–water partition coefficient (Wildman–Crippen LogP) is 1.70. The van der Waals surface area contributed by atoms with E-state index in [1.165, 1.54) is 5.57 Å². The second kappa shape index (κ2) is 5.33. The fourth-order valence-electron chi connectivity index (χ4n) is 0.784. The van der Waals surface area contributed by atoms with Gasteiger partial charge in [-0.1, -0.05) is 12.5 Å². The van der Waals surface area contributed by atoms with Crippen LogP contribution in [0.2, 0.25) is 0 Å². The van der Waals surface area contributed by atoms with Crippen molar-refractivity contribution in [3.63, 3.8) is 0 Å². The molecule has 0 aromatic carbocycles. The molecule has 1 unspecified atom stereocenters. The molecule has 0 heterocycles. The summed E-state index contributed by atoms with van der Waals surface area (Å²) in [6, 6.07) is 0. The first-order valence-corrected chi connectivity index (χ1v) is 4.55. The van der Waals surface area contributed by atoms with E-state index in [1.54, 1.807) is 0 Å². The van der Waals surface area contributed by atoms with E-state index >= 15 is 0 Å². The van der Waals surface area contributed by atoms with Crippen LogP contribution in [0.3, 0.4) is 0 Å². The SMILES string of the molecule is C=C(C)CCNCC(C)(O)CC. The summed E-state index contributed by atoms with van der Waals surface area (Å²) in [6.07, 6.45) is 1.77. The molecule has 12 heavy (non-hydrogen) atoms. The number of hydrogen-bond acceptors (Lipinski definition) is 2. The van der Waals surface area contributed by atoms with Crippen LogP contribution in [0, 0.1) is 0 Å². The van der Waals surface area contributed by atoms with Gasteiger partial charge in [0.25, 0.3) is 0 Å². The third kappa shape index (κ3) is 6.38. The number of rotatable bonds is 6. The average Bonchev–Trinajstić information content (AvgIpc) is 1.98.